The van der Waals surface area contributed by atoms with Gasteiger partial charge in [0.05, 0.1) is 22.1 Å². The van der Waals surface area contributed by atoms with Crippen molar-refractivity contribution in [3.05, 3.63) is 193 Å². The highest BCUT2D eigenvalue weighted by molar-refractivity contribution is 6.11. The van der Waals surface area contributed by atoms with Crippen LogP contribution >= 0.6 is 0 Å². The van der Waals surface area contributed by atoms with Crippen molar-refractivity contribution in [3.63, 3.8) is 0 Å². The normalized spacial score (nSPS) is 11.5. The van der Waals surface area contributed by atoms with Crippen LogP contribution in [0, 0.1) is 13.8 Å². The predicted octanol–water partition coefficient (Wildman–Crippen LogP) is 13.3. The summed E-state index contributed by atoms with van der Waals surface area (Å²) in [5, 5.41) is 4.66. The summed E-state index contributed by atoms with van der Waals surface area (Å²) in [7, 11) is 0. The SMILES string of the molecule is Cc1cc(-n2c3ccccc3c3cc(N(c4ccccc4)c4ccccc4)ccc32)c(C)cc1-c1ccc(-c2cnc3c(ccc4cccnc43)c2)cc1. The molecule has 0 unspecified atom stereocenters. The van der Waals surface area contributed by atoms with Gasteiger partial charge in [0.25, 0.3) is 0 Å². The molecule has 3 aromatic heterocycles. The molecule has 0 spiro atoms. The van der Waals surface area contributed by atoms with Gasteiger partial charge in [0.15, 0.2) is 0 Å². The lowest BCUT2D eigenvalue weighted by molar-refractivity contribution is 1.14. The lowest BCUT2D eigenvalue weighted by atomic mass is 9.95. The van der Waals surface area contributed by atoms with Gasteiger partial charge >= 0.3 is 0 Å². The van der Waals surface area contributed by atoms with E-state index in [0.717, 1.165) is 50.0 Å². The number of hydrogen-bond acceptors (Lipinski definition) is 3. The van der Waals surface area contributed by atoms with E-state index in [0.29, 0.717) is 0 Å². The largest absolute Gasteiger partial charge is 0.310 e. The van der Waals surface area contributed by atoms with Gasteiger partial charge in [-0.3, -0.25) is 9.97 Å². The molecule has 3 heterocycles. The van der Waals surface area contributed by atoms with Crippen molar-refractivity contribution >= 4 is 60.7 Å². The first kappa shape index (κ1) is 31.7. The minimum absolute atomic E-state index is 0.935. The van der Waals surface area contributed by atoms with Gasteiger partial charge in [0.2, 0.25) is 0 Å². The number of aromatic nitrogens is 3. The Labute approximate surface area is 314 Å². The molecule has 0 amide bonds. The van der Waals surface area contributed by atoms with Crippen LogP contribution < -0.4 is 4.90 Å². The minimum atomic E-state index is 0.935. The number of anilines is 3. The second kappa shape index (κ2) is 12.9. The second-order valence-electron chi connectivity index (χ2n) is 14.0. The molecular weight excluding hydrogens is 657 g/mol. The lowest BCUT2D eigenvalue weighted by Crippen LogP contribution is -2.09. The first-order valence-electron chi connectivity index (χ1n) is 18.4. The van der Waals surface area contributed by atoms with Gasteiger partial charge in [-0.05, 0) is 114 Å². The lowest BCUT2D eigenvalue weighted by Gasteiger charge is -2.25. The highest BCUT2D eigenvalue weighted by atomic mass is 15.1. The number of pyridine rings is 2. The average molecular weight is 693 g/mol. The van der Waals surface area contributed by atoms with Gasteiger partial charge in [-0.1, -0.05) is 97.1 Å². The Bertz CT molecular complexity index is 2960. The molecule has 0 aliphatic heterocycles. The number of nitrogens with zero attached hydrogens (tertiary/aromatic N) is 4. The first-order valence-corrected chi connectivity index (χ1v) is 18.4. The van der Waals surface area contributed by atoms with E-state index in [1.165, 1.54) is 49.7 Å². The van der Waals surface area contributed by atoms with Crippen molar-refractivity contribution in [3.8, 4) is 27.9 Å². The van der Waals surface area contributed by atoms with Gasteiger partial charge in [0.1, 0.15) is 0 Å². The molecule has 0 saturated carbocycles. The summed E-state index contributed by atoms with van der Waals surface area (Å²) in [4.78, 5) is 11.8. The smallest absolute Gasteiger partial charge is 0.0964 e. The summed E-state index contributed by atoms with van der Waals surface area (Å²) < 4.78 is 2.44. The Morgan fingerprint density at radius 3 is 1.89 bits per heavy atom. The van der Waals surface area contributed by atoms with Gasteiger partial charge in [-0.25, -0.2) is 0 Å². The average Bonchev–Trinajstić information content (AvgIpc) is 3.56. The molecule has 4 nitrogen and oxygen atoms in total. The highest BCUT2D eigenvalue weighted by Crippen LogP contribution is 2.41. The molecule has 7 aromatic carbocycles. The highest BCUT2D eigenvalue weighted by Gasteiger charge is 2.19. The maximum absolute atomic E-state index is 4.84. The quantitative estimate of drug-likeness (QED) is 0.163. The number of hydrogen-bond donors (Lipinski definition) is 0. The van der Waals surface area contributed by atoms with Crippen LogP contribution in [-0.2, 0) is 0 Å². The van der Waals surface area contributed by atoms with E-state index in [4.69, 9.17) is 4.98 Å². The molecule has 256 valence electrons. The Balaban J connectivity index is 1.03. The van der Waals surface area contributed by atoms with Crippen LogP contribution in [-0.4, -0.2) is 14.5 Å². The summed E-state index contributed by atoms with van der Waals surface area (Å²) in [5.41, 5.74) is 16.0. The zero-order valence-corrected chi connectivity index (χ0v) is 30.1. The van der Waals surface area contributed by atoms with E-state index >= 15 is 0 Å². The molecule has 0 aliphatic carbocycles. The standard InChI is InChI=1S/C50H36N4/c1-33-29-48(34(2)28-44(33)36-21-19-35(20-22-36)39-30-38-24-23-37-12-11-27-51-49(37)50(38)52-32-39)54-46-18-10-9-17-43(46)45-31-42(25-26-47(45)54)53(40-13-5-3-6-14-40)41-15-7-4-8-16-41/h3-32H,1-2H3. The van der Waals surface area contributed by atoms with E-state index in [2.05, 4.69) is 192 Å². The maximum atomic E-state index is 4.84. The van der Waals surface area contributed by atoms with Crippen molar-refractivity contribution in [1.29, 1.82) is 0 Å². The summed E-state index contributed by atoms with van der Waals surface area (Å²) in [6.07, 6.45) is 3.79. The van der Waals surface area contributed by atoms with Crippen LogP contribution in [0.25, 0.3) is 71.6 Å². The predicted molar refractivity (Wildman–Crippen MR) is 226 cm³/mol. The fourth-order valence-corrected chi connectivity index (χ4v) is 8.05. The molecule has 0 bridgehead atoms. The zero-order chi connectivity index (χ0) is 36.2. The van der Waals surface area contributed by atoms with E-state index in [-0.39, 0.29) is 0 Å². The molecule has 0 saturated heterocycles. The molecule has 0 aliphatic rings. The van der Waals surface area contributed by atoms with Crippen molar-refractivity contribution in [2.75, 3.05) is 4.90 Å². The number of fused-ring (bicyclic) bond motifs is 6. The Morgan fingerprint density at radius 1 is 0.444 bits per heavy atom. The molecule has 0 radical (unpaired) electrons. The van der Waals surface area contributed by atoms with E-state index in [1.807, 2.05) is 18.5 Å². The van der Waals surface area contributed by atoms with E-state index in [9.17, 15) is 0 Å². The molecular formula is C50H36N4. The third kappa shape index (κ3) is 5.31. The van der Waals surface area contributed by atoms with E-state index in [1.54, 1.807) is 0 Å². The number of para-hydroxylation sites is 3. The fraction of sp³-hybridized carbons (Fsp3) is 0.0400. The van der Waals surface area contributed by atoms with Crippen LogP contribution in [0.15, 0.2) is 182 Å². The fourth-order valence-electron chi connectivity index (χ4n) is 8.05. The number of benzene rings is 7. The van der Waals surface area contributed by atoms with Gasteiger partial charge in [0, 0.05) is 62.3 Å². The van der Waals surface area contributed by atoms with Crippen molar-refractivity contribution in [2.45, 2.75) is 13.8 Å². The summed E-state index contributed by atoms with van der Waals surface area (Å²) in [5.74, 6) is 0. The molecule has 0 atom stereocenters. The van der Waals surface area contributed by atoms with Crippen molar-refractivity contribution in [2.24, 2.45) is 0 Å². The molecule has 0 fully saturated rings. The Morgan fingerprint density at radius 2 is 1.11 bits per heavy atom. The van der Waals surface area contributed by atoms with Gasteiger partial charge in [-0.2, -0.15) is 0 Å². The number of rotatable bonds is 6. The third-order valence-corrected chi connectivity index (χ3v) is 10.7. The van der Waals surface area contributed by atoms with Crippen LogP contribution in [0.3, 0.4) is 0 Å². The van der Waals surface area contributed by atoms with Crippen LogP contribution in [0.4, 0.5) is 17.1 Å². The maximum Gasteiger partial charge on any atom is 0.0964 e. The second-order valence-corrected chi connectivity index (χ2v) is 14.0. The molecule has 54 heavy (non-hydrogen) atoms. The summed E-state index contributed by atoms with van der Waals surface area (Å²) in [6.45, 7) is 4.45. The molecule has 10 aromatic rings. The third-order valence-electron chi connectivity index (χ3n) is 10.7. The van der Waals surface area contributed by atoms with Crippen LogP contribution in [0.2, 0.25) is 0 Å². The van der Waals surface area contributed by atoms with Gasteiger partial charge < -0.3 is 9.47 Å². The zero-order valence-electron chi connectivity index (χ0n) is 30.1. The Kier molecular flexibility index (Phi) is 7.55. The van der Waals surface area contributed by atoms with Gasteiger partial charge in [-0.15, -0.1) is 0 Å². The Hall–Kier alpha value is -7.04. The minimum Gasteiger partial charge on any atom is -0.310 e. The summed E-state index contributed by atoms with van der Waals surface area (Å²) in [6, 6.07) is 60.9. The van der Waals surface area contributed by atoms with Crippen LogP contribution in [0.1, 0.15) is 11.1 Å². The molecule has 4 heteroatoms. The topological polar surface area (TPSA) is 34.0 Å². The monoisotopic (exact) mass is 692 g/mol. The van der Waals surface area contributed by atoms with Crippen LogP contribution in [0.5, 0.6) is 0 Å². The first-order chi connectivity index (χ1) is 26.6. The van der Waals surface area contributed by atoms with E-state index < -0.39 is 0 Å². The molecule has 10 rings (SSSR count). The number of aryl methyl sites for hydroxylation is 2. The molecule has 0 N–H and O–H groups in total. The summed E-state index contributed by atoms with van der Waals surface area (Å²) >= 11 is 0. The van der Waals surface area contributed by atoms with Crippen molar-refractivity contribution in [1.82, 2.24) is 14.5 Å². The van der Waals surface area contributed by atoms with Crippen molar-refractivity contribution < 1.29 is 0 Å².